The number of carbonyl (C=O) groups is 1. The number of nitrogens with zero attached hydrogens (tertiary/aromatic N) is 3. The van der Waals surface area contributed by atoms with E-state index < -0.39 is 0 Å². The second-order valence-corrected chi connectivity index (χ2v) is 7.01. The average molecular weight is 382 g/mol. The van der Waals surface area contributed by atoms with Crippen LogP contribution in [0, 0.1) is 0 Å². The van der Waals surface area contributed by atoms with Gasteiger partial charge in [0.25, 0.3) is 0 Å². The van der Waals surface area contributed by atoms with E-state index in [0.29, 0.717) is 5.02 Å². The standard InChI is InChI=1S/C20H20ClN5O/c21-16-3-1-14(2-4-16)19-20(15-5-8-22-9-6-15)26(13-24-19)12-18(27)25-17-7-10-23-11-17/h1-6,8-9,13,17,23H,7,10-12H2,(H,25,27)/t17-/m0/s1. The van der Waals surface area contributed by atoms with Crippen molar-refractivity contribution in [2.75, 3.05) is 13.1 Å². The molecule has 1 atom stereocenters. The summed E-state index contributed by atoms with van der Waals surface area (Å²) in [4.78, 5) is 21.2. The third-order valence-corrected chi connectivity index (χ3v) is 4.90. The van der Waals surface area contributed by atoms with Gasteiger partial charge in [0, 0.05) is 41.1 Å². The number of hydrogen-bond donors (Lipinski definition) is 2. The molecule has 3 aromatic rings. The molecule has 0 saturated carbocycles. The van der Waals surface area contributed by atoms with Crippen LogP contribution in [-0.4, -0.2) is 39.6 Å². The van der Waals surface area contributed by atoms with Crippen molar-refractivity contribution in [1.29, 1.82) is 0 Å². The van der Waals surface area contributed by atoms with E-state index in [9.17, 15) is 4.79 Å². The number of carbonyl (C=O) groups excluding carboxylic acids is 1. The van der Waals surface area contributed by atoms with Crippen molar-refractivity contribution in [2.45, 2.75) is 19.0 Å². The summed E-state index contributed by atoms with van der Waals surface area (Å²) < 4.78 is 1.89. The lowest BCUT2D eigenvalue weighted by molar-refractivity contribution is -0.122. The SMILES string of the molecule is O=C(Cn1cnc(-c2ccc(Cl)cc2)c1-c1ccncc1)N[C@H]1CCNC1. The Kier molecular flexibility index (Phi) is 5.18. The molecule has 138 valence electrons. The predicted molar refractivity (Wildman–Crippen MR) is 105 cm³/mol. The first-order chi connectivity index (χ1) is 13.2. The van der Waals surface area contributed by atoms with Gasteiger partial charge in [0.05, 0.1) is 17.7 Å². The summed E-state index contributed by atoms with van der Waals surface area (Å²) in [6.07, 6.45) is 6.15. The molecule has 6 nitrogen and oxygen atoms in total. The Hall–Kier alpha value is -2.70. The number of rotatable bonds is 5. The Labute approximate surface area is 162 Å². The van der Waals surface area contributed by atoms with E-state index in [1.165, 1.54) is 0 Å². The molecule has 1 saturated heterocycles. The van der Waals surface area contributed by atoms with Crippen molar-refractivity contribution < 1.29 is 4.79 Å². The minimum atomic E-state index is -0.0148. The molecule has 4 rings (SSSR count). The van der Waals surface area contributed by atoms with Crippen LogP contribution in [0.25, 0.3) is 22.5 Å². The van der Waals surface area contributed by atoms with Gasteiger partial charge in [0.2, 0.25) is 5.91 Å². The number of nitrogens with one attached hydrogen (secondary N) is 2. The monoisotopic (exact) mass is 381 g/mol. The Morgan fingerprint density at radius 3 is 2.67 bits per heavy atom. The minimum Gasteiger partial charge on any atom is -0.350 e. The highest BCUT2D eigenvalue weighted by Gasteiger charge is 2.20. The molecule has 0 unspecified atom stereocenters. The third kappa shape index (κ3) is 4.02. The van der Waals surface area contributed by atoms with E-state index in [1.807, 2.05) is 41.0 Å². The van der Waals surface area contributed by atoms with Crippen LogP contribution in [0.15, 0.2) is 55.1 Å². The topological polar surface area (TPSA) is 71.8 Å². The summed E-state index contributed by atoms with van der Waals surface area (Å²) in [7, 11) is 0. The zero-order chi connectivity index (χ0) is 18.6. The largest absolute Gasteiger partial charge is 0.350 e. The van der Waals surface area contributed by atoms with Crippen LogP contribution in [0.2, 0.25) is 5.02 Å². The lowest BCUT2D eigenvalue weighted by atomic mass is 10.1. The van der Waals surface area contributed by atoms with Crippen molar-refractivity contribution in [1.82, 2.24) is 25.2 Å². The third-order valence-electron chi connectivity index (χ3n) is 4.65. The summed E-state index contributed by atoms with van der Waals surface area (Å²) in [5.74, 6) is -0.0148. The van der Waals surface area contributed by atoms with E-state index in [-0.39, 0.29) is 18.5 Å². The molecular formula is C20H20ClN5O. The normalized spacial score (nSPS) is 16.4. The van der Waals surface area contributed by atoms with Crippen molar-refractivity contribution in [3.05, 3.63) is 60.1 Å². The molecule has 2 aromatic heterocycles. The molecule has 0 radical (unpaired) electrons. The molecule has 0 spiro atoms. The lowest BCUT2D eigenvalue weighted by Gasteiger charge is -2.14. The first-order valence-electron chi connectivity index (χ1n) is 8.92. The van der Waals surface area contributed by atoms with E-state index in [4.69, 9.17) is 11.6 Å². The van der Waals surface area contributed by atoms with Crippen molar-refractivity contribution >= 4 is 17.5 Å². The number of hydrogen-bond acceptors (Lipinski definition) is 4. The maximum absolute atomic E-state index is 12.5. The smallest absolute Gasteiger partial charge is 0.240 e. The maximum Gasteiger partial charge on any atom is 0.240 e. The summed E-state index contributed by atoms with van der Waals surface area (Å²) in [5.41, 5.74) is 3.61. The van der Waals surface area contributed by atoms with Crippen LogP contribution >= 0.6 is 11.6 Å². The van der Waals surface area contributed by atoms with Crippen molar-refractivity contribution in [3.8, 4) is 22.5 Å². The number of aromatic nitrogens is 3. The fourth-order valence-corrected chi connectivity index (χ4v) is 3.47. The molecule has 1 aromatic carbocycles. The molecule has 1 amide bonds. The van der Waals surface area contributed by atoms with E-state index in [1.54, 1.807) is 18.7 Å². The van der Waals surface area contributed by atoms with Gasteiger partial charge in [-0.3, -0.25) is 9.78 Å². The van der Waals surface area contributed by atoms with Gasteiger partial charge < -0.3 is 15.2 Å². The number of benzene rings is 1. The number of imidazole rings is 1. The number of halogens is 1. The first kappa shape index (κ1) is 17.7. The quantitative estimate of drug-likeness (QED) is 0.712. The van der Waals surface area contributed by atoms with Crippen molar-refractivity contribution in [3.63, 3.8) is 0 Å². The van der Waals surface area contributed by atoms with Crippen LogP contribution in [0.1, 0.15) is 6.42 Å². The predicted octanol–water partition coefficient (Wildman–Crippen LogP) is 2.74. The number of pyridine rings is 1. The molecule has 7 heteroatoms. The Morgan fingerprint density at radius 1 is 1.19 bits per heavy atom. The summed E-state index contributed by atoms with van der Waals surface area (Å²) in [5, 5.41) is 7.01. The molecular weight excluding hydrogens is 362 g/mol. The highest BCUT2D eigenvalue weighted by atomic mass is 35.5. The average Bonchev–Trinajstić information content (AvgIpc) is 3.33. The molecule has 2 N–H and O–H groups in total. The van der Waals surface area contributed by atoms with Crippen molar-refractivity contribution in [2.24, 2.45) is 0 Å². The second-order valence-electron chi connectivity index (χ2n) is 6.57. The Morgan fingerprint density at radius 2 is 1.96 bits per heavy atom. The fraction of sp³-hybridized carbons (Fsp3) is 0.250. The fourth-order valence-electron chi connectivity index (χ4n) is 3.34. The van der Waals surface area contributed by atoms with Gasteiger partial charge in [-0.15, -0.1) is 0 Å². The van der Waals surface area contributed by atoms with Crippen LogP contribution in [0.4, 0.5) is 0 Å². The van der Waals surface area contributed by atoms with Gasteiger partial charge in [-0.1, -0.05) is 23.7 Å². The van der Waals surface area contributed by atoms with Crippen LogP contribution < -0.4 is 10.6 Å². The zero-order valence-corrected chi connectivity index (χ0v) is 15.5. The van der Waals surface area contributed by atoms with Crippen LogP contribution in [-0.2, 0) is 11.3 Å². The highest BCUT2D eigenvalue weighted by molar-refractivity contribution is 6.30. The molecule has 1 aliphatic rings. The summed E-state index contributed by atoms with van der Waals surface area (Å²) in [6, 6.07) is 11.6. The first-order valence-corrected chi connectivity index (χ1v) is 9.30. The van der Waals surface area contributed by atoms with E-state index in [2.05, 4.69) is 20.6 Å². The van der Waals surface area contributed by atoms with Gasteiger partial charge in [-0.05, 0) is 37.2 Å². The Balaban J connectivity index is 1.67. The highest BCUT2D eigenvalue weighted by Crippen LogP contribution is 2.31. The lowest BCUT2D eigenvalue weighted by Crippen LogP contribution is -2.38. The van der Waals surface area contributed by atoms with Crippen LogP contribution in [0.5, 0.6) is 0 Å². The van der Waals surface area contributed by atoms with Gasteiger partial charge >= 0.3 is 0 Å². The Bertz CT molecular complexity index is 917. The maximum atomic E-state index is 12.5. The van der Waals surface area contributed by atoms with Gasteiger partial charge in [-0.2, -0.15) is 0 Å². The molecule has 3 heterocycles. The molecule has 27 heavy (non-hydrogen) atoms. The second kappa shape index (κ2) is 7.90. The van der Waals surface area contributed by atoms with E-state index >= 15 is 0 Å². The molecule has 0 aliphatic carbocycles. The summed E-state index contributed by atoms with van der Waals surface area (Å²) >= 11 is 6.02. The van der Waals surface area contributed by atoms with Gasteiger partial charge in [-0.25, -0.2) is 4.98 Å². The number of amides is 1. The minimum absolute atomic E-state index is 0.0148. The molecule has 1 fully saturated rings. The van der Waals surface area contributed by atoms with Gasteiger partial charge in [0.15, 0.2) is 0 Å². The zero-order valence-electron chi connectivity index (χ0n) is 14.7. The molecule has 0 bridgehead atoms. The van der Waals surface area contributed by atoms with Gasteiger partial charge in [0.1, 0.15) is 6.54 Å². The summed E-state index contributed by atoms with van der Waals surface area (Å²) in [6.45, 7) is 1.98. The van der Waals surface area contributed by atoms with E-state index in [0.717, 1.165) is 42.0 Å². The molecule has 1 aliphatic heterocycles. The van der Waals surface area contributed by atoms with Crippen LogP contribution in [0.3, 0.4) is 0 Å².